The zero-order valence-electron chi connectivity index (χ0n) is 9.47. The SMILES string of the molecule is CC(C)C(N)C(=O)N(CC(N)=O)CC(N)=O. The van der Waals surface area contributed by atoms with E-state index < -0.39 is 23.8 Å². The number of nitrogens with zero attached hydrogens (tertiary/aromatic N) is 1. The van der Waals surface area contributed by atoms with Crippen molar-refractivity contribution in [1.82, 2.24) is 4.90 Å². The quantitative estimate of drug-likeness (QED) is 0.476. The number of carbonyl (C=O) groups excluding carboxylic acids is 3. The number of primary amides is 2. The third-order valence-corrected chi connectivity index (χ3v) is 2.01. The van der Waals surface area contributed by atoms with Gasteiger partial charge in [-0.2, -0.15) is 0 Å². The number of rotatable bonds is 6. The Morgan fingerprint density at radius 2 is 1.44 bits per heavy atom. The van der Waals surface area contributed by atoms with Crippen LogP contribution in [0.3, 0.4) is 0 Å². The smallest absolute Gasteiger partial charge is 0.240 e. The van der Waals surface area contributed by atoms with Gasteiger partial charge in [0.1, 0.15) is 0 Å². The average Bonchev–Trinajstić information content (AvgIpc) is 2.12. The van der Waals surface area contributed by atoms with Crippen molar-refractivity contribution in [1.29, 1.82) is 0 Å². The highest BCUT2D eigenvalue weighted by Gasteiger charge is 2.25. The van der Waals surface area contributed by atoms with Crippen LogP contribution in [0.25, 0.3) is 0 Å². The van der Waals surface area contributed by atoms with Crippen molar-refractivity contribution in [3.05, 3.63) is 0 Å². The van der Waals surface area contributed by atoms with Gasteiger partial charge in [0.25, 0.3) is 0 Å². The van der Waals surface area contributed by atoms with Gasteiger partial charge in [0.2, 0.25) is 17.7 Å². The lowest BCUT2D eigenvalue weighted by atomic mass is 10.0. The van der Waals surface area contributed by atoms with Crippen molar-refractivity contribution in [2.24, 2.45) is 23.1 Å². The molecule has 0 spiro atoms. The van der Waals surface area contributed by atoms with Gasteiger partial charge >= 0.3 is 0 Å². The largest absolute Gasteiger partial charge is 0.368 e. The Kier molecular flexibility index (Phi) is 5.44. The Balaban J connectivity index is 4.67. The molecular formula is C9H18N4O3. The highest BCUT2D eigenvalue weighted by Crippen LogP contribution is 2.03. The van der Waals surface area contributed by atoms with Gasteiger partial charge in [0.05, 0.1) is 19.1 Å². The fourth-order valence-corrected chi connectivity index (χ4v) is 1.08. The first-order chi connectivity index (χ1) is 7.25. The fraction of sp³-hybridized carbons (Fsp3) is 0.667. The molecule has 1 atom stereocenters. The number of carbonyl (C=O) groups is 3. The lowest BCUT2D eigenvalue weighted by Crippen LogP contribution is -2.51. The summed E-state index contributed by atoms with van der Waals surface area (Å²) in [5.41, 5.74) is 15.5. The second-order valence-electron chi connectivity index (χ2n) is 3.90. The Morgan fingerprint density at radius 1 is 1.06 bits per heavy atom. The van der Waals surface area contributed by atoms with Crippen molar-refractivity contribution >= 4 is 17.7 Å². The summed E-state index contributed by atoms with van der Waals surface area (Å²) in [5, 5.41) is 0. The summed E-state index contributed by atoms with van der Waals surface area (Å²) in [4.78, 5) is 34.2. The highest BCUT2D eigenvalue weighted by molar-refractivity contribution is 5.90. The van der Waals surface area contributed by atoms with E-state index in [1.54, 1.807) is 13.8 Å². The second kappa shape index (κ2) is 6.06. The van der Waals surface area contributed by atoms with Crippen LogP contribution in [-0.2, 0) is 14.4 Å². The molecule has 16 heavy (non-hydrogen) atoms. The van der Waals surface area contributed by atoms with Gasteiger partial charge in [0, 0.05) is 0 Å². The molecule has 7 nitrogen and oxygen atoms in total. The maximum atomic E-state index is 11.7. The molecule has 0 heterocycles. The van der Waals surface area contributed by atoms with Crippen molar-refractivity contribution in [3.8, 4) is 0 Å². The molecule has 0 aliphatic rings. The fourth-order valence-electron chi connectivity index (χ4n) is 1.08. The van der Waals surface area contributed by atoms with Gasteiger partial charge in [-0.15, -0.1) is 0 Å². The normalized spacial score (nSPS) is 12.2. The molecule has 0 aliphatic heterocycles. The van der Waals surface area contributed by atoms with Crippen LogP contribution in [0.15, 0.2) is 0 Å². The number of hydrogen-bond acceptors (Lipinski definition) is 4. The standard InChI is InChI=1S/C9H18N4O3/c1-5(2)8(12)9(16)13(3-6(10)14)4-7(11)15/h5,8H,3-4,12H2,1-2H3,(H2,10,14)(H2,11,15). The average molecular weight is 230 g/mol. The molecule has 0 bridgehead atoms. The van der Waals surface area contributed by atoms with Gasteiger partial charge in [-0.1, -0.05) is 13.8 Å². The molecule has 0 aromatic rings. The highest BCUT2D eigenvalue weighted by atomic mass is 16.2. The van der Waals surface area contributed by atoms with Crippen LogP contribution in [0.4, 0.5) is 0 Å². The van der Waals surface area contributed by atoms with Crippen molar-refractivity contribution in [3.63, 3.8) is 0 Å². The first kappa shape index (κ1) is 14.4. The lowest BCUT2D eigenvalue weighted by Gasteiger charge is -2.24. The third-order valence-electron chi connectivity index (χ3n) is 2.01. The van der Waals surface area contributed by atoms with Gasteiger partial charge < -0.3 is 22.1 Å². The minimum atomic E-state index is -0.779. The first-order valence-electron chi connectivity index (χ1n) is 4.86. The van der Waals surface area contributed by atoms with Crippen molar-refractivity contribution in [2.45, 2.75) is 19.9 Å². The number of hydrogen-bond donors (Lipinski definition) is 3. The second-order valence-corrected chi connectivity index (χ2v) is 3.90. The summed E-state index contributed by atoms with van der Waals surface area (Å²) in [7, 11) is 0. The molecule has 0 saturated heterocycles. The van der Waals surface area contributed by atoms with E-state index in [0.29, 0.717) is 0 Å². The van der Waals surface area contributed by atoms with Crippen molar-refractivity contribution in [2.75, 3.05) is 13.1 Å². The van der Waals surface area contributed by atoms with E-state index in [4.69, 9.17) is 17.2 Å². The molecule has 0 aromatic heterocycles. The predicted octanol–water partition coefficient (Wildman–Crippen LogP) is -2.23. The van der Waals surface area contributed by atoms with E-state index in [0.717, 1.165) is 4.90 Å². The van der Waals surface area contributed by atoms with Gasteiger partial charge in [-0.05, 0) is 5.92 Å². The predicted molar refractivity (Wildman–Crippen MR) is 57.8 cm³/mol. The molecular weight excluding hydrogens is 212 g/mol. The summed E-state index contributed by atoms with van der Waals surface area (Å²) in [6.45, 7) is 2.80. The summed E-state index contributed by atoms with van der Waals surface area (Å²) >= 11 is 0. The zero-order chi connectivity index (χ0) is 12.9. The summed E-state index contributed by atoms with van der Waals surface area (Å²) in [6.07, 6.45) is 0. The van der Waals surface area contributed by atoms with Crippen LogP contribution in [0.2, 0.25) is 0 Å². The molecule has 1 unspecified atom stereocenters. The van der Waals surface area contributed by atoms with Gasteiger partial charge in [0.15, 0.2) is 0 Å². The Hall–Kier alpha value is -1.63. The van der Waals surface area contributed by atoms with Crippen LogP contribution in [0.1, 0.15) is 13.8 Å². The topological polar surface area (TPSA) is 133 Å². The maximum Gasteiger partial charge on any atom is 0.240 e. The lowest BCUT2D eigenvalue weighted by molar-refractivity contribution is -0.139. The van der Waals surface area contributed by atoms with E-state index in [1.807, 2.05) is 0 Å². The Bertz CT molecular complexity index is 274. The molecule has 6 N–H and O–H groups in total. The molecule has 0 aliphatic carbocycles. The summed E-state index contributed by atoms with van der Waals surface area (Å²) in [6, 6.07) is -0.779. The van der Waals surface area contributed by atoms with E-state index >= 15 is 0 Å². The van der Waals surface area contributed by atoms with E-state index in [2.05, 4.69) is 0 Å². The minimum absolute atomic E-state index is 0.101. The molecule has 3 amide bonds. The molecule has 92 valence electrons. The van der Waals surface area contributed by atoms with Crippen LogP contribution in [0.5, 0.6) is 0 Å². The third kappa shape index (κ3) is 4.74. The van der Waals surface area contributed by atoms with E-state index in [9.17, 15) is 14.4 Å². The van der Waals surface area contributed by atoms with Crippen LogP contribution in [0, 0.1) is 5.92 Å². The van der Waals surface area contributed by atoms with Gasteiger partial charge in [-0.25, -0.2) is 0 Å². The van der Waals surface area contributed by atoms with Crippen LogP contribution in [-0.4, -0.2) is 41.8 Å². The monoisotopic (exact) mass is 230 g/mol. The number of nitrogens with two attached hydrogens (primary N) is 3. The summed E-state index contributed by atoms with van der Waals surface area (Å²) < 4.78 is 0. The van der Waals surface area contributed by atoms with Crippen LogP contribution >= 0.6 is 0 Å². The molecule has 0 rings (SSSR count). The molecule has 0 radical (unpaired) electrons. The van der Waals surface area contributed by atoms with Gasteiger partial charge in [-0.3, -0.25) is 14.4 Å². The Labute approximate surface area is 93.9 Å². The number of amides is 3. The molecule has 0 saturated carbocycles. The Morgan fingerprint density at radius 3 is 1.69 bits per heavy atom. The molecule has 7 heteroatoms. The van der Waals surface area contributed by atoms with Crippen molar-refractivity contribution < 1.29 is 14.4 Å². The molecule has 0 aromatic carbocycles. The minimum Gasteiger partial charge on any atom is -0.368 e. The summed E-state index contributed by atoms with van der Waals surface area (Å²) in [5.74, 6) is -2.04. The van der Waals surface area contributed by atoms with Crippen LogP contribution < -0.4 is 17.2 Å². The van der Waals surface area contributed by atoms with E-state index in [-0.39, 0.29) is 19.0 Å². The zero-order valence-corrected chi connectivity index (χ0v) is 9.47. The first-order valence-corrected chi connectivity index (χ1v) is 4.86. The molecule has 0 fully saturated rings. The van der Waals surface area contributed by atoms with E-state index in [1.165, 1.54) is 0 Å². The maximum absolute atomic E-state index is 11.7.